The van der Waals surface area contributed by atoms with E-state index < -0.39 is 0 Å². The van der Waals surface area contributed by atoms with Crippen molar-refractivity contribution in [3.05, 3.63) is 63.9 Å². The highest BCUT2D eigenvalue weighted by atomic mass is 35.5. The summed E-state index contributed by atoms with van der Waals surface area (Å²) in [6, 6.07) is 8.68. The monoisotopic (exact) mass is 288 g/mol. The average molecular weight is 289 g/mol. The van der Waals surface area contributed by atoms with Gasteiger partial charge in [0.2, 0.25) is 0 Å². The van der Waals surface area contributed by atoms with Crippen LogP contribution in [0.25, 0.3) is 0 Å². The summed E-state index contributed by atoms with van der Waals surface area (Å²) in [5.41, 5.74) is 4.94. The van der Waals surface area contributed by atoms with Crippen LogP contribution in [-0.2, 0) is 0 Å². The Morgan fingerprint density at radius 1 is 1.20 bits per heavy atom. The summed E-state index contributed by atoms with van der Waals surface area (Å²) in [6.45, 7) is 7.39. The normalized spacial score (nSPS) is 12.4. The van der Waals surface area contributed by atoms with Crippen molar-refractivity contribution in [3.63, 3.8) is 0 Å². The molecule has 0 aliphatic heterocycles. The summed E-state index contributed by atoms with van der Waals surface area (Å²) in [4.78, 5) is 4.07. The number of aryl methyl sites for hydroxylation is 2. The third kappa shape index (κ3) is 3.38. The number of rotatable bonds is 5. The fourth-order valence-electron chi connectivity index (χ4n) is 2.26. The van der Waals surface area contributed by atoms with Gasteiger partial charge in [-0.2, -0.15) is 0 Å². The fraction of sp³-hybridized carbons (Fsp3) is 0.353. The van der Waals surface area contributed by atoms with Crippen molar-refractivity contribution in [3.8, 4) is 0 Å². The number of benzene rings is 1. The van der Waals surface area contributed by atoms with Gasteiger partial charge in [0.25, 0.3) is 0 Å². The lowest BCUT2D eigenvalue weighted by Crippen LogP contribution is -2.23. The van der Waals surface area contributed by atoms with Gasteiger partial charge in [0.1, 0.15) is 0 Å². The minimum Gasteiger partial charge on any atom is -0.306 e. The van der Waals surface area contributed by atoms with Crippen LogP contribution < -0.4 is 5.32 Å². The van der Waals surface area contributed by atoms with Gasteiger partial charge in [-0.25, -0.2) is 0 Å². The zero-order valence-corrected chi connectivity index (χ0v) is 13.0. The Balaban J connectivity index is 2.41. The lowest BCUT2D eigenvalue weighted by Gasteiger charge is -2.21. The Morgan fingerprint density at radius 2 is 2.00 bits per heavy atom. The van der Waals surface area contributed by atoms with Crippen LogP contribution in [0, 0.1) is 13.8 Å². The van der Waals surface area contributed by atoms with Crippen molar-refractivity contribution in [1.29, 1.82) is 0 Å². The van der Waals surface area contributed by atoms with E-state index >= 15 is 0 Å². The molecule has 1 N–H and O–H groups in total. The quantitative estimate of drug-likeness (QED) is 0.880. The van der Waals surface area contributed by atoms with Crippen molar-refractivity contribution >= 4 is 11.6 Å². The van der Waals surface area contributed by atoms with Gasteiger partial charge in [0.15, 0.2) is 0 Å². The predicted octanol–water partition coefficient (Wildman–Crippen LogP) is 4.44. The number of hydrogen-bond acceptors (Lipinski definition) is 2. The number of aromatic nitrogens is 1. The third-order valence-electron chi connectivity index (χ3n) is 3.58. The zero-order chi connectivity index (χ0) is 14.5. The number of pyridine rings is 1. The molecule has 1 aromatic carbocycles. The van der Waals surface area contributed by atoms with E-state index in [1.807, 2.05) is 6.07 Å². The van der Waals surface area contributed by atoms with Gasteiger partial charge in [-0.3, -0.25) is 4.98 Å². The van der Waals surface area contributed by atoms with Crippen LogP contribution in [-0.4, -0.2) is 11.5 Å². The number of nitrogens with one attached hydrogen (secondary N) is 1. The number of hydrogen-bond donors (Lipinski definition) is 1. The highest BCUT2D eigenvalue weighted by Gasteiger charge is 2.16. The highest BCUT2D eigenvalue weighted by molar-refractivity contribution is 6.31. The molecule has 1 atom stereocenters. The second-order valence-electron chi connectivity index (χ2n) is 5.13. The van der Waals surface area contributed by atoms with Gasteiger partial charge in [0, 0.05) is 12.4 Å². The molecule has 0 saturated carbocycles. The second-order valence-corrected chi connectivity index (χ2v) is 5.54. The molecule has 2 aromatic rings. The fourth-order valence-corrected chi connectivity index (χ4v) is 2.49. The first-order chi connectivity index (χ1) is 9.63. The molecule has 106 valence electrons. The molecule has 0 bridgehead atoms. The highest BCUT2D eigenvalue weighted by Crippen LogP contribution is 2.28. The van der Waals surface area contributed by atoms with E-state index in [2.05, 4.69) is 49.3 Å². The molecule has 0 saturated heterocycles. The molecular weight excluding hydrogens is 268 g/mol. The van der Waals surface area contributed by atoms with E-state index in [0.717, 1.165) is 18.5 Å². The van der Waals surface area contributed by atoms with Crippen LogP contribution in [0.3, 0.4) is 0 Å². The first kappa shape index (κ1) is 15.0. The molecule has 0 amide bonds. The van der Waals surface area contributed by atoms with Gasteiger partial charge in [-0.05, 0) is 55.1 Å². The van der Waals surface area contributed by atoms with Crippen molar-refractivity contribution in [2.24, 2.45) is 0 Å². The summed E-state index contributed by atoms with van der Waals surface area (Å²) in [5.74, 6) is 0. The number of halogens is 1. The van der Waals surface area contributed by atoms with Crippen LogP contribution in [0.5, 0.6) is 0 Å². The average Bonchev–Trinajstić information content (AvgIpc) is 2.44. The van der Waals surface area contributed by atoms with E-state index in [4.69, 9.17) is 11.6 Å². The standard InChI is InChI=1S/C17H21ClN2/c1-4-8-20-17(15-7-9-19-11-16(15)18)14-6-5-12(2)13(3)10-14/h5-7,9-11,17,20H,4,8H2,1-3H3. The Labute approximate surface area is 126 Å². The smallest absolute Gasteiger partial charge is 0.0640 e. The summed E-state index contributed by atoms with van der Waals surface area (Å²) in [6.07, 6.45) is 4.59. The minimum atomic E-state index is 0.116. The number of nitrogens with zero attached hydrogens (tertiary/aromatic N) is 1. The van der Waals surface area contributed by atoms with Crippen molar-refractivity contribution in [2.75, 3.05) is 6.54 Å². The summed E-state index contributed by atoms with van der Waals surface area (Å²) in [7, 11) is 0. The van der Waals surface area contributed by atoms with Crippen molar-refractivity contribution in [1.82, 2.24) is 10.3 Å². The molecule has 0 radical (unpaired) electrons. The van der Waals surface area contributed by atoms with Gasteiger partial charge in [0.05, 0.1) is 11.1 Å². The minimum absolute atomic E-state index is 0.116. The van der Waals surface area contributed by atoms with Crippen LogP contribution in [0.4, 0.5) is 0 Å². The van der Waals surface area contributed by atoms with Crippen LogP contribution in [0.2, 0.25) is 5.02 Å². The van der Waals surface area contributed by atoms with Crippen LogP contribution in [0.15, 0.2) is 36.7 Å². The Bertz CT molecular complexity index is 581. The first-order valence-electron chi connectivity index (χ1n) is 7.03. The molecule has 1 aromatic heterocycles. The van der Waals surface area contributed by atoms with Gasteiger partial charge >= 0.3 is 0 Å². The van der Waals surface area contributed by atoms with E-state index in [0.29, 0.717) is 5.02 Å². The maximum Gasteiger partial charge on any atom is 0.0640 e. The van der Waals surface area contributed by atoms with Gasteiger partial charge < -0.3 is 5.32 Å². The lowest BCUT2D eigenvalue weighted by atomic mass is 9.96. The zero-order valence-electron chi connectivity index (χ0n) is 12.3. The van der Waals surface area contributed by atoms with Crippen LogP contribution in [0.1, 0.15) is 41.6 Å². The molecule has 2 nitrogen and oxygen atoms in total. The Morgan fingerprint density at radius 3 is 2.65 bits per heavy atom. The van der Waals surface area contributed by atoms with E-state index in [-0.39, 0.29) is 6.04 Å². The SMILES string of the molecule is CCCNC(c1ccc(C)c(C)c1)c1ccncc1Cl. The molecule has 1 unspecified atom stereocenters. The molecule has 3 heteroatoms. The first-order valence-corrected chi connectivity index (χ1v) is 7.41. The second kappa shape index (κ2) is 6.87. The lowest BCUT2D eigenvalue weighted by molar-refractivity contribution is 0.598. The largest absolute Gasteiger partial charge is 0.306 e. The maximum atomic E-state index is 6.32. The third-order valence-corrected chi connectivity index (χ3v) is 3.89. The van der Waals surface area contributed by atoms with E-state index in [1.54, 1.807) is 12.4 Å². The molecule has 0 spiro atoms. The molecule has 20 heavy (non-hydrogen) atoms. The molecule has 1 heterocycles. The molecule has 0 aliphatic rings. The topological polar surface area (TPSA) is 24.9 Å². The summed E-state index contributed by atoms with van der Waals surface area (Å²) < 4.78 is 0. The van der Waals surface area contributed by atoms with Crippen LogP contribution >= 0.6 is 11.6 Å². The van der Waals surface area contributed by atoms with Crippen molar-refractivity contribution < 1.29 is 0 Å². The Kier molecular flexibility index (Phi) is 5.16. The Hall–Kier alpha value is -1.38. The molecular formula is C17H21ClN2. The molecule has 0 aliphatic carbocycles. The molecule has 2 rings (SSSR count). The maximum absolute atomic E-state index is 6.32. The van der Waals surface area contributed by atoms with E-state index in [1.165, 1.54) is 16.7 Å². The summed E-state index contributed by atoms with van der Waals surface area (Å²) in [5, 5.41) is 4.29. The van der Waals surface area contributed by atoms with Gasteiger partial charge in [-0.1, -0.05) is 36.7 Å². The van der Waals surface area contributed by atoms with Crippen molar-refractivity contribution in [2.45, 2.75) is 33.2 Å². The van der Waals surface area contributed by atoms with E-state index in [9.17, 15) is 0 Å². The predicted molar refractivity (Wildman–Crippen MR) is 85.3 cm³/mol. The van der Waals surface area contributed by atoms with Gasteiger partial charge in [-0.15, -0.1) is 0 Å². The molecule has 0 fully saturated rings. The summed E-state index contributed by atoms with van der Waals surface area (Å²) >= 11 is 6.32.